The van der Waals surface area contributed by atoms with Gasteiger partial charge in [-0.25, -0.2) is 20.0 Å². The van der Waals surface area contributed by atoms with Gasteiger partial charge in [-0.15, -0.1) is 0 Å². The summed E-state index contributed by atoms with van der Waals surface area (Å²) >= 11 is 0. The van der Waals surface area contributed by atoms with E-state index in [0.717, 1.165) is 16.1 Å². The Bertz CT molecular complexity index is 1160. The second kappa shape index (κ2) is 9.72. The fourth-order valence-electron chi connectivity index (χ4n) is 3.29. The Hall–Kier alpha value is -3.59. The minimum atomic E-state index is -0.821. The smallest absolute Gasteiger partial charge is 0.435 e. The van der Waals surface area contributed by atoms with Gasteiger partial charge >= 0.3 is 12.2 Å². The lowest BCUT2D eigenvalue weighted by molar-refractivity contribution is 0.0424. The van der Waals surface area contributed by atoms with Crippen LogP contribution >= 0.6 is 0 Å². The molecule has 34 heavy (non-hydrogen) atoms. The van der Waals surface area contributed by atoms with Gasteiger partial charge in [0.05, 0.1) is 17.6 Å². The number of amides is 2. The maximum Gasteiger partial charge on any atom is 0.435 e. The topological polar surface area (TPSA) is 106 Å². The summed E-state index contributed by atoms with van der Waals surface area (Å²) in [5, 5.41) is 10.8. The van der Waals surface area contributed by atoms with Crippen LogP contribution in [0.15, 0.2) is 48.5 Å². The van der Waals surface area contributed by atoms with Gasteiger partial charge in [0.15, 0.2) is 5.82 Å². The van der Waals surface area contributed by atoms with Crippen molar-refractivity contribution >= 4 is 29.0 Å². The third-order valence-corrected chi connectivity index (χ3v) is 4.58. The molecule has 1 aromatic carbocycles. The summed E-state index contributed by atoms with van der Waals surface area (Å²) in [7, 11) is 0. The van der Waals surface area contributed by atoms with Crippen molar-refractivity contribution in [3.63, 3.8) is 0 Å². The van der Waals surface area contributed by atoms with Gasteiger partial charge in [0, 0.05) is 12.2 Å². The molecule has 0 spiro atoms. The fourth-order valence-corrected chi connectivity index (χ4v) is 3.29. The lowest BCUT2D eigenvalue weighted by Gasteiger charge is -2.28. The number of hydrazine groups is 1. The highest BCUT2D eigenvalue weighted by Gasteiger charge is 2.28. The van der Waals surface area contributed by atoms with E-state index in [1.807, 2.05) is 34.9 Å². The Morgan fingerprint density at radius 3 is 2.24 bits per heavy atom. The molecule has 182 valence electrons. The molecule has 3 aromatic rings. The number of aromatic nitrogens is 2. The summed E-state index contributed by atoms with van der Waals surface area (Å²) in [5.41, 5.74) is 3.95. The van der Waals surface area contributed by atoms with E-state index in [4.69, 9.17) is 9.47 Å². The predicted molar refractivity (Wildman–Crippen MR) is 129 cm³/mol. The molecule has 9 nitrogen and oxygen atoms in total. The number of carbonyl (C=O) groups is 2. The number of hydrogen-bond acceptors (Lipinski definition) is 6. The number of rotatable bonds is 4. The number of nitrogens with zero attached hydrogens (tertiary/aromatic N) is 3. The van der Waals surface area contributed by atoms with Gasteiger partial charge < -0.3 is 19.1 Å². The van der Waals surface area contributed by atoms with Gasteiger partial charge in [-0.2, -0.15) is 5.01 Å². The standard InChI is InChI=1S/C25H32N4O5/c1-24(2,3)33-22(31)27-29(23(32)34-25(4,5)6)21-13-12-20-19(26-21)14-18(16-30)28(20)15-17-10-8-7-9-11-17/h7-14,30H,15-16H2,1-6H3,(H,27,31). The van der Waals surface area contributed by atoms with Crippen LogP contribution in [0.4, 0.5) is 15.4 Å². The molecule has 0 aliphatic rings. The minimum Gasteiger partial charge on any atom is -0.443 e. The normalized spacial score (nSPS) is 11.9. The van der Waals surface area contributed by atoms with E-state index >= 15 is 0 Å². The lowest BCUT2D eigenvalue weighted by Crippen LogP contribution is -2.50. The van der Waals surface area contributed by atoms with Crippen LogP contribution in [-0.2, 0) is 22.6 Å². The van der Waals surface area contributed by atoms with E-state index in [2.05, 4.69) is 10.4 Å². The number of aliphatic hydroxyl groups is 1. The first kappa shape index (κ1) is 25.0. The van der Waals surface area contributed by atoms with Crippen LogP contribution in [-0.4, -0.2) is 38.0 Å². The summed E-state index contributed by atoms with van der Waals surface area (Å²) in [4.78, 5) is 29.9. The molecule has 2 aromatic heterocycles. The van der Waals surface area contributed by atoms with Crippen molar-refractivity contribution in [2.45, 2.75) is 65.9 Å². The van der Waals surface area contributed by atoms with E-state index in [9.17, 15) is 14.7 Å². The summed E-state index contributed by atoms with van der Waals surface area (Å²) < 4.78 is 12.7. The molecule has 0 saturated heterocycles. The zero-order valence-electron chi connectivity index (χ0n) is 20.5. The van der Waals surface area contributed by atoms with E-state index in [1.54, 1.807) is 59.7 Å². The highest BCUT2D eigenvalue weighted by atomic mass is 16.6. The van der Waals surface area contributed by atoms with Crippen LogP contribution in [0.2, 0.25) is 0 Å². The number of ether oxygens (including phenoxy) is 2. The highest BCUT2D eigenvalue weighted by molar-refractivity contribution is 5.91. The molecule has 0 atom stereocenters. The van der Waals surface area contributed by atoms with Crippen LogP contribution in [0.3, 0.4) is 0 Å². The summed E-state index contributed by atoms with van der Waals surface area (Å²) in [6, 6.07) is 15.0. The summed E-state index contributed by atoms with van der Waals surface area (Å²) in [5.74, 6) is 0.147. The summed E-state index contributed by atoms with van der Waals surface area (Å²) in [6.07, 6.45) is -1.63. The largest absolute Gasteiger partial charge is 0.443 e. The molecule has 0 aliphatic heterocycles. The molecule has 0 bridgehead atoms. The number of fused-ring (bicyclic) bond motifs is 1. The van der Waals surface area contributed by atoms with Crippen LogP contribution in [0.1, 0.15) is 52.8 Å². The fraction of sp³-hybridized carbons (Fsp3) is 0.400. The number of hydrogen-bond donors (Lipinski definition) is 2. The lowest BCUT2D eigenvalue weighted by atomic mass is 10.2. The van der Waals surface area contributed by atoms with Crippen molar-refractivity contribution in [1.82, 2.24) is 15.0 Å². The van der Waals surface area contributed by atoms with Gasteiger partial charge in [0.2, 0.25) is 0 Å². The molecule has 0 unspecified atom stereocenters. The number of nitrogens with one attached hydrogen (secondary N) is 1. The molecule has 2 N–H and O–H groups in total. The van der Waals surface area contributed by atoms with Crippen molar-refractivity contribution in [2.24, 2.45) is 0 Å². The Balaban J connectivity index is 1.98. The monoisotopic (exact) mass is 468 g/mol. The zero-order chi connectivity index (χ0) is 25.1. The van der Waals surface area contributed by atoms with Gasteiger partial charge in [-0.05, 0) is 65.3 Å². The average molecular weight is 469 g/mol. The first-order valence-electron chi connectivity index (χ1n) is 11.0. The molecule has 9 heteroatoms. The van der Waals surface area contributed by atoms with Gasteiger partial charge in [-0.1, -0.05) is 30.3 Å². The highest BCUT2D eigenvalue weighted by Crippen LogP contribution is 2.24. The van der Waals surface area contributed by atoms with E-state index < -0.39 is 23.4 Å². The van der Waals surface area contributed by atoms with Crippen LogP contribution in [0.25, 0.3) is 11.0 Å². The number of anilines is 1. The first-order valence-corrected chi connectivity index (χ1v) is 11.0. The van der Waals surface area contributed by atoms with E-state index in [1.165, 1.54) is 0 Å². The summed E-state index contributed by atoms with van der Waals surface area (Å²) in [6.45, 7) is 10.7. The second-order valence-corrected chi connectivity index (χ2v) is 9.87. The van der Waals surface area contributed by atoms with E-state index in [-0.39, 0.29) is 12.4 Å². The molecular formula is C25H32N4O5. The maximum absolute atomic E-state index is 12.9. The van der Waals surface area contributed by atoms with Crippen LogP contribution in [0, 0.1) is 0 Å². The minimum absolute atomic E-state index is 0.147. The van der Waals surface area contributed by atoms with Crippen molar-refractivity contribution in [3.8, 4) is 0 Å². The van der Waals surface area contributed by atoms with Crippen molar-refractivity contribution < 1.29 is 24.2 Å². The molecule has 3 rings (SSSR count). The van der Waals surface area contributed by atoms with Gasteiger partial charge in [-0.3, -0.25) is 0 Å². The van der Waals surface area contributed by atoms with Crippen LogP contribution < -0.4 is 10.4 Å². The Labute approximate surface area is 199 Å². The molecule has 0 fully saturated rings. The van der Waals surface area contributed by atoms with Gasteiger partial charge in [0.25, 0.3) is 0 Å². The van der Waals surface area contributed by atoms with Gasteiger partial charge in [0.1, 0.15) is 11.2 Å². The number of aliphatic hydroxyl groups excluding tert-OH is 1. The van der Waals surface area contributed by atoms with Crippen molar-refractivity contribution in [2.75, 3.05) is 5.01 Å². The van der Waals surface area contributed by atoms with E-state index in [0.29, 0.717) is 17.8 Å². The predicted octanol–water partition coefficient (Wildman–Crippen LogP) is 4.76. The Kier molecular flexibility index (Phi) is 7.16. The third-order valence-electron chi connectivity index (χ3n) is 4.58. The number of carbonyl (C=O) groups excluding carboxylic acids is 2. The number of benzene rings is 1. The number of pyridine rings is 1. The second-order valence-electron chi connectivity index (χ2n) is 9.87. The average Bonchev–Trinajstić information content (AvgIpc) is 3.07. The maximum atomic E-state index is 12.9. The molecule has 0 radical (unpaired) electrons. The molecule has 2 amide bonds. The van der Waals surface area contributed by atoms with Crippen molar-refractivity contribution in [3.05, 3.63) is 59.8 Å². The van der Waals surface area contributed by atoms with Crippen molar-refractivity contribution in [1.29, 1.82) is 0 Å². The first-order chi connectivity index (χ1) is 15.9. The SMILES string of the molecule is CC(C)(C)OC(=O)NN(C(=O)OC(C)(C)C)c1ccc2c(cc(CO)n2Cc2ccccc2)n1. The molecule has 0 aliphatic carbocycles. The third kappa shape index (κ3) is 6.48. The molecule has 0 saturated carbocycles. The Morgan fingerprint density at radius 1 is 1.00 bits per heavy atom. The zero-order valence-corrected chi connectivity index (χ0v) is 20.5. The quantitative estimate of drug-likeness (QED) is 0.535. The molecule has 2 heterocycles. The Morgan fingerprint density at radius 2 is 1.65 bits per heavy atom. The molecular weight excluding hydrogens is 436 g/mol. The van der Waals surface area contributed by atoms with Crippen LogP contribution in [0.5, 0.6) is 0 Å².